The highest BCUT2D eigenvalue weighted by molar-refractivity contribution is 7.13. The van der Waals surface area contributed by atoms with Gasteiger partial charge in [-0.2, -0.15) is 0 Å². The van der Waals surface area contributed by atoms with E-state index in [0.29, 0.717) is 0 Å². The van der Waals surface area contributed by atoms with Crippen LogP contribution in [0.2, 0.25) is 0 Å². The number of aromatic nitrogens is 3. The van der Waals surface area contributed by atoms with Gasteiger partial charge in [-0.25, -0.2) is 15.0 Å². The Bertz CT molecular complexity index is 992. The average Bonchev–Trinajstić information content (AvgIpc) is 3.42. The minimum absolute atomic E-state index is 0.0101. The fraction of sp³-hybridized carbons (Fsp3) is 0.300. The summed E-state index contributed by atoms with van der Waals surface area (Å²) in [4.78, 5) is 28.0. The Balaban J connectivity index is 1.44. The molecule has 3 aromatic rings. The van der Waals surface area contributed by atoms with Crippen molar-refractivity contribution in [2.45, 2.75) is 32.7 Å². The summed E-state index contributed by atoms with van der Waals surface area (Å²) in [6.07, 6.45) is 7.15. The molecule has 1 aliphatic rings. The summed E-state index contributed by atoms with van der Waals surface area (Å²) < 4.78 is 0. The monoisotopic (exact) mass is 411 g/mol. The van der Waals surface area contributed by atoms with Crippen LogP contribution < -0.4 is 5.32 Å². The first kappa shape index (κ1) is 18.8. The number of nitrogens with zero attached hydrogens (tertiary/aromatic N) is 4. The third-order valence-electron chi connectivity index (χ3n) is 4.58. The van der Waals surface area contributed by atoms with E-state index in [-0.39, 0.29) is 11.9 Å². The van der Waals surface area contributed by atoms with Crippen molar-refractivity contribution in [3.05, 3.63) is 57.1 Å². The summed E-state index contributed by atoms with van der Waals surface area (Å²) in [6, 6.07) is 3.97. The predicted molar refractivity (Wildman–Crippen MR) is 114 cm³/mol. The highest BCUT2D eigenvalue weighted by Crippen LogP contribution is 2.34. The van der Waals surface area contributed by atoms with Crippen molar-refractivity contribution in [1.29, 1.82) is 0 Å². The minimum Gasteiger partial charge on any atom is -0.331 e. The Hall–Kier alpha value is -2.58. The highest BCUT2D eigenvalue weighted by Gasteiger charge is 2.30. The molecule has 1 N–H and O–H groups in total. The third kappa shape index (κ3) is 4.28. The molecule has 1 atom stereocenters. The zero-order chi connectivity index (χ0) is 19.5. The Kier molecular flexibility index (Phi) is 5.50. The number of thiazole rings is 2. The van der Waals surface area contributed by atoms with Crippen LogP contribution >= 0.6 is 22.7 Å². The largest absolute Gasteiger partial charge is 0.331 e. The van der Waals surface area contributed by atoms with E-state index in [9.17, 15) is 4.79 Å². The lowest BCUT2D eigenvalue weighted by Gasteiger charge is -2.21. The van der Waals surface area contributed by atoms with Gasteiger partial charge in [0.05, 0.1) is 22.4 Å². The molecule has 1 saturated heterocycles. The van der Waals surface area contributed by atoms with Gasteiger partial charge in [0.25, 0.3) is 0 Å². The molecule has 28 heavy (non-hydrogen) atoms. The van der Waals surface area contributed by atoms with Crippen molar-refractivity contribution in [3.8, 4) is 0 Å². The maximum atomic E-state index is 12.7. The number of carbonyl (C=O) groups excluding carboxylic acids is 1. The van der Waals surface area contributed by atoms with Crippen LogP contribution in [-0.4, -0.2) is 32.3 Å². The molecule has 3 aromatic heterocycles. The second-order valence-electron chi connectivity index (χ2n) is 6.74. The Morgan fingerprint density at radius 1 is 1.25 bits per heavy atom. The SMILES string of the molecule is Cc1ccc(Nc2nc([C@H]3CCCN3C(=O)/C=C/c3csc(C)n3)cs2)nc1. The van der Waals surface area contributed by atoms with Gasteiger partial charge >= 0.3 is 0 Å². The minimum atomic E-state index is 0.0101. The molecule has 1 aliphatic heterocycles. The molecule has 0 saturated carbocycles. The molecule has 0 unspecified atom stereocenters. The van der Waals surface area contributed by atoms with Crippen LogP contribution in [0.25, 0.3) is 6.08 Å². The van der Waals surface area contributed by atoms with E-state index in [0.717, 1.165) is 52.3 Å². The molecule has 0 spiro atoms. The van der Waals surface area contributed by atoms with E-state index in [1.54, 1.807) is 23.5 Å². The highest BCUT2D eigenvalue weighted by atomic mass is 32.1. The number of hydrogen-bond acceptors (Lipinski definition) is 7. The van der Waals surface area contributed by atoms with Crippen LogP contribution in [0.3, 0.4) is 0 Å². The molecule has 0 bridgehead atoms. The van der Waals surface area contributed by atoms with E-state index < -0.39 is 0 Å². The number of rotatable bonds is 5. The molecular weight excluding hydrogens is 390 g/mol. The summed E-state index contributed by atoms with van der Waals surface area (Å²) in [5, 5.41) is 9.01. The summed E-state index contributed by atoms with van der Waals surface area (Å²) in [7, 11) is 0. The van der Waals surface area contributed by atoms with Crippen molar-refractivity contribution in [3.63, 3.8) is 0 Å². The van der Waals surface area contributed by atoms with Gasteiger partial charge in [0.1, 0.15) is 5.82 Å². The van der Waals surface area contributed by atoms with E-state index in [1.807, 2.05) is 47.8 Å². The van der Waals surface area contributed by atoms with Gasteiger partial charge in [-0.15, -0.1) is 22.7 Å². The van der Waals surface area contributed by atoms with Crippen molar-refractivity contribution >= 4 is 45.6 Å². The second-order valence-corrected chi connectivity index (χ2v) is 8.66. The molecule has 0 aliphatic carbocycles. The topological polar surface area (TPSA) is 71.0 Å². The van der Waals surface area contributed by atoms with E-state index in [4.69, 9.17) is 4.98 Å². The van der Waals surface area contributed by atoms with Gasteiger partial charge in [0, 0.05) is 29.6 Å². The van der Waals surface area contributed by atoms with Crippen molar-refractivity contribution in [1.82, 2.24) is 19.9 Å². The smallest absolute Gasteiger partial charge is 0.247 e. The third-order valence-corrected chi connectivity index (χ3v) is 6.15. The first-order valence-electron chi connectivity index (χ1n) is 9.14. The fourth-order valence-electron chi connectivity index (χ4n) is 3.20. The predicted octanol–water partition coefficient (Wildman–Crippen LogP) is 4.73. The summed E-state index contributed by atoms with van der Waals surface area (Å²) in [5.74, 6) is 0.781. The quantitative estimate of drug-likeness (QED) is 0.615. The number of hydrogen-bond donors (Lipinski definition) is 1. The van der Waals surface area contributed by atoms with Crippen molar-refractivity contribution in [2.75, 3.05) is 11.9 Å². The summed E-state index contributed by atoms with van der Waals surface area (Å²) >= 11 is 3.12. The number of carbonyl (C=O) groups is 1. The second kappa shape index (κ2) is 8.20. The summed E-state index contributed by atoms with van der Waals surface area (Å²) in [6.45, 7) is 4.72. The summed E-state index contributed by atoms with van der Waals surface area (Å²) in [5.41, 5.74) is 2.88. The standard InChI is InChI=1S/C20H21N5OS2/c1-13-5-7-18(21-10-13)24-20-23-16(12-28-20)17-4-3-9-25(17)19(26)8-6-15-11-27-14(2)22-15/h5-8,10-12,17H,3-4,9H2,1-2H3,(H,21,23,24)/b8-6+/t17-/m1/s1. The van der Waals surface area contributed by atoms with Crippen LogP contribution in [0.15, 0.2) is 35.2 Å². The molecular formula is C20H21N5OS2. The van der Waals surface area contributed by atoms with Gasteiger partial charge in [-0.3, -0.25) is 4.79 Å². The lowest BCUT2D eigenvalue weighted by molar-refractivity contribution is -0.126. The van der Waals surface area contributed by atoms with E-state index in [2.05, 4.69) is 15.3 Å². The number of aryl methyl sites for hydroxylation is 2. The zero-order valence-corrected chi connectivity index (χ0v) is 17.4. The van der Waals surface area contributed by atoms with Gasteiger partial charge in [0.15, 0.2) is 5.13 Å². The van der Waals surface area contributed by atoms with Crippen molar-refractivity contribution < 1.29 is 4.79 Å². The van der Waals surface area contributed by atoms with Crippen LogP contribution in [0.4, 0.5) is 10.9 Å². The van der Waals surface area contributed by atoms with Crippen molar-refractivity contribution in [2.24, 2.45) is 0 Å². The molecule has 0 aromatic carbocycles. The van der Waals surface area contributed by atoms with Crippen LogP contribution in [-0.2, 0) is 4.79 Å². The molecule has 144 valence electrons. The van der Waals surface area contributed by atoms with Crippen LogP contribution in [0.1, 0.15) is 40.8 Å². The normalized spacial score (nSPS) is 16.8. The van der Waals surface area contributed by atoms with E-state index >= 15 is 0 Å². The molecule has 4 heterocycles. The van der Waals surface area contributed by atoms with Gasteiger partial charge in [0.2, 0.25) is 5.91 Å². The maximum absolute atomic E-state index is 12.7. The van der Waals surface area contributed by atoms with Gasteiger partial charge in [-0.1, -0.05) is 6.07 Å². The lowest BCUT2D eigenvalue weighted by atomic mass is 10.1. The molecule has 6 nitrogen and oxygen atoms in total. The maximum Gasteiger partial charge on any atom is 0.247 e. The van der Waals surface area contributed by atoms with Gasteiger partial charge < -0.3 is 10.2 Å². The van der Waals surface area contributed by atoms with Gasteiger partial charge in [-0.05, 0) is 44.4 Å². The Labute approximate surface area is 172 Å². The number of nitrogens with one attached hydrogen (secondary N) is 1. The number of anilines is 2. The molecule has 1 fully saturated rings. The Morgan fingerprint density at radius 3 is 2.89 bits per heavy atom. The molecule has 1 amide bonds. The Morgan fingerprint density at radius 2 is 2.14 bits per heavy atom. The lowest BCUT2D eigenvalue weighted by Crippen LogP contribution is -2.29. The van der Waals surface area contributed by atoms with Crippen LogP contribution in [0, 0.1) is 13.8 Å². The zero-order valence-electron chi connectivity index (χ0n) is 15.8. The molecule has 0 radical (unpaired) electrons. The first-order chi connectivity index (χ1) is 13.6. The first-order valence-corrected chi connectivity index (χ1v) is 10.9. The fourth-order valence-corrected chi connectivity index (χ4v) is 4.54. The molecule has 8 heteroatoms. The van der Waals surface area contributed by atoms with E-state index in [1.165, 1.54) is 11.3 Å². The number of likely N-dealkylation sites (tertiary alicyclic amines) is 1. The number of pyridine rings is 1. The molecule has 4 rings (SSSR count). The van der Waals surface area contributed by atoms with Crippen LogP contribution in [0.5, 0.6) is 0 Å². The number of amides is 1. The average molecular weight is 412 g/mol.